The van der Waals surface area contributed by atoms with Gasteiger partial charge in [0.2, 0.25) is 5.91 Å². The van der Waals surface area contributed by atoms with Crippen LogP contribution in [0, 0.1) is 0 Å². The van der Waals surface area contributed by atoms with E-state index in [4.69, 9.17) is 9.05 Å². The van der Waals surface area contributed by atoms with Crippen molar-refractivity contribution in [3.8, 4) is 0 Å². The van der Waals surface area contributed by atoms with Gasteiger partial charge in [0.1, 0.15) is 13.2 Å². The number of allylic oxidation sites excluding steroid dienone is 1. The third-order valence-corrected chi connectivity index (χ3v) is 9.71. The number of hydrogen-bond donors (Lipinski definition) is 2. The Morgan fingerprint density at radius 3 is 1.60 bits per heavy atom. The molecule has 0 spiro atoms. The van der Waals surface area contributed by atoms with Crippen molar-refractivity contribution in [3.05, 3.63) is 12.2 Å². The maximum Gasteiger partial charge on any atom is 0.268 e. The molecule has 2 N–H and O–H groups in total. The normalized spacial score (nSPS) is 14.8. The molecule has 0 aliphatic heterocycles. The van der Waals surface area contributed by atoms with Crippen molar-refractivity contribution in [2.45, 2.75) is 187 Å². The summed E-state index contributed by atoms with van der Waals surface area (Å²) in [6.07, 6.45) is 32.6. The van der Waals surface area contributed by atoms with Gasteiger partial charge in [0.15, 0.2) is 0 Å². The second kappa shape index (κ2) is 31.2. The number of carbonyl (C=O) groups excluding carboxylic acids is 1. The lowest BCUT2D eigenvalue weighted by Gasteiger charge is -2.29. The van der Waals surface area contributed by atoms with Gasteiger partial charge < -0.3 is 28.8 Å². The summed E-state index contributed by atoms with van der Waals surface area (Å²) in [7, 11) is 1.26. The van der Waals surface area contributed by atoms with Gasteiger partial charge in [0.05, 0.1) is 39.9 Å². The molecule has 0 aliphatic carbocycles. The minimum Gasteiger partial charge on any atom is -0.756 e. The summed E-state index contributed by atoms with van der Waals surface area (Å²) in [6.45, 7) is 4.60. The zero-order valence-corrected chi connectivity index (χ0v) is 32.4. The topological polar surface area (TPSA) is 108 Å². The number of nitrogens with one attached hydrogen (secondary N) is 1. The summed E-state index contributed by atoms with van der Waals surface area (Å²) >= 11 is 0. The number of quaternary nitrogens is 1. The fourth-order valence-corrected chi connectivity index (χ4v) is 6.29. The van der Waals surface area contributed by atoms with Crippen molar-refractivity contribution in [3.63, 3.8) is 0 Å². The molecular weight excluding hydrogens is 611 g/mol. The number of rotatable bonds is 35. The van der Waals surface area contributed by atoms with Crippen LogP contribution in [0.3, 0.4) is 0 Å². The number of aliphatic hydroxyl groups excluding tert-OH is 1. The molecule has 0 radical (unpaired) electrons. The van der Waals surface area contributed by atoms with Crippen molar-refractivity contribution in [2.75, 3.05) is 40.9 Å². The van der Waals surface area contributed by atoms with Gasteiger partial charge >= 0.3 is 0 Å². The predicted molar refractivity (Wildman–Crippen MR) is 196 cm³/mol. The van der Waals surface area contributed by atoms with E-state index in [1.807, 2.05) is 27.2 Å². The van der Waals surface area contributed by atoms with Crippen LogP contribution in [0.2, 0.25) is 0 Å². The summed E-state index contributed by atoms with van der Waals surface area (Å²) in [6, 6.07) is -0.877. The summed E-state index contributed by atoms with van der Waals surface area (Å²) in [4.78, 5) is 25.0. The van der Waals surface area contributed by atoms with Gasteiger partial charge in [-0.25, -0.2) is 0 Å². The standard InChI is InChI=1S/C38H77N2O6P/c1-6-8-10-12-14-16-17-18-19-20-21-22-23-24-25-27-29-31-37(41)36(35-46-47(43,44)45-34-33-40(3,4)5)39-38(42)32-30-28-26-15-13-11-9-7-2/h29,31,36-37,41H,6-28,30,32-35H2,1-5H3,(H-,39,42,43,44)/b31-29+/t36-,37+/m0/s1. The Bertz CT molecular complexity index is 789. The molecule has 1 unspecified atom stereocenters. The van der Waals surface area contributed by atoms with Gasteiger partial charge in [-0.3, -0.25) is 9.36 Å². The van der Waals surface area contributed by atoms with Crippen LogP contribution in [-0.4, -0.2) is 68.5 Å². The first kappa shape index (κ1) is 46.2. The third-order valence-electron chi connectivity index (χ3n) is 8.75. The second-order valence-corrected chi connectivity index (χ2v) is 16.1. The van der Waals surface area contributed by atoms with Gasteiger partial charge in [-0.1, -0.05) is 161 Å². The predicted octanol–water partition coefficient (Wildman–Crippen LogP) is 9.39. The molecule has 8 nitrogen and oxygen atoms in total. The summed E-state index contributed by atoms with van der Waals surface area (Å²) in [5, 5.41) is 13.7. The molecule has 0 aliphatic rings. The van der Waals surface area contributed by atoms with Crippen LogP contribution >= 0.6 is 7.82 Å². The average Bonchev–Trinajstić information content (AvgIpc) is 3.01. The van der Waals surface area contributed by atoms with Gasteiger partial charge in [-0.05, 0) is 19.3 Å². The van der Waals surface area contributed by atoms with Crippen LogP contribution in [0.5, 0.6) is 0 Å². The van der Waals surface area contributed by atoms with Crippen molar-refractivity contribution in [2.24, 2.45) is 0 Å². The van der Waals surface area contributed by atoms with E-state index in [1.54, 1.807) is 6.08 Å². The average molecular weight is 689 g/mol. The van der Waals surface area contributed by atoms with Crippen molar-refractivity contribution < 1.29 is 32.9 Å². The fraction of sp³-hybridized carbons (Fsp3) is 0.921. The highest BCUT2D eigenvalue weighted by molar-refractivity contribution is 7.45. The molecule has 280 valence electrons. The molecule has 9 heteroatoms. The van der Waals surface area contributed by atoms with Gasteiger partial charge in [-0.2, -0.15) is 0 Å². The van der Waals surface area contributed by atoms with E-state index in [2.05, 4.69) is 19.2 Å². The fourth-order valence-electron chi connectivity index (χ4n) is 5.56. The number of aliphatic hydroxyl groups is 1. The Labute approximate surface area is 291 Å². The third kappa shape index (κ3) is 33.5. The Hall–Kier alpha value is -0.760. The van der Waals surface area contributed by atoms with E-state index in [1.165, 1.54) is 116 Å². The molecule has 0 heterocycles. The molecule has 0 bridgehead atoms. The molecule has 0 saturated carbocycles. The minimum atomic E-state index is -4.57. The molecule has 47 heavy (non-hydrogen) atoms. The van der Waals surface area contributed by atoms with Crippen LogP contribution in [0.1, 0.15) is 174 Å². The first-order chi connectivity index (χ1) is 22.5. The van der Waals surface area contributed by atoms with E-state index in [9.17, 15) is 19.4 Å². The van der Waals surface area contributed by atoms with Crippen molar-refractivity contribution in [1.29, 1.82) is 0 Å². The van der Waals surface area contributed by atoms with Crippen LogP contribution in [-0.2, 0) is 18.4 Å². The quantitative estimate of drug-likeness (QED) is 0.0297. The van der Waals surface area contributed by atoms with Gasteiger partial charge in [0, 0.05) is 6.42 Å². The zero-order chi connectivity index (χ0) is 35.1. The van der Waals surface area contributed by atoms with Crippen molar-refractivity contribution in [1.82, 2.24) is 5.32 Å². The van der Waals surface area contributed by atoms with Crippen LogP contribution in [0.15, 0.2) is 12.2 Å². The van der Waals surface area contributed by atoms with Crippen molar-refractivity contribution >= 4 is 13.7 Å². The lowest BCUT2D eigenvalue weighted by Crippen LogP contribution is -2.45. The van der Waals surface area contributed by atoms with E-state index in [-0.39, 0.29) is 19.1 Å². The molecule has 0 fully saturated rings. The number of amides is 1. The number of phosphoric ester groups is 1. The molecule has 0 aromatic carbocycles. The number of unbranched alkanes of at least 4 members (excludes halogenated alkanes) is 22. The zero-order valence-electron chi connectivity index (χ0n) is 31.5. The molecule has 0 rings (SSSR count). The van der Waals surface area contributed by atoms with Crippen LogP contribution in [0.4, 0.5) is 0 Å². The SMILES string of the molecule is CCCCCCCCCCCCCCCCC/C=C/[C@@H](O)[C@H](COP(=O)([O-])OCC[N+](C)(C)C)NC(=O)CCCCCCCCCC. The number of hydrogen-bond acceptors (Lipinski definition) is 6. The first-order valence-corrected chi connectivity index (χ1v) is 21.0. The number of phosphoric acid groups is 1. The van der Waals surface area contributed by atoms with E-state index < -0.39 is 20.0 Å². The smallest absolute Gasteiger partial charge is 0.268 e. The van der Waals surface area contributed by atoms with E-state index >= 15 is 0 Å². The molecule has 3 atom stereocenters. The molecule has 0 aromatic heterocycles. The Morgan fingerprint density at radius 2 is 1.15 bits per heavy atom. The molecule has 0 aromatic rings. The Morgan fingerprint density at radius 1 is 0.723 bits per heavy atom. The highest BCUT2D eigenvalue weighted by Gasteiger charge is 2.23. The number of carbonyl (C=O) groups is 1. The maximum atomic E-state index is 12.7. The highest BCUT2D eigenvalue weighted by Crippen LogP contribution is 2.38. The second-order valence-electron chi connectivity index (χ2n) is 14.6. The Kier molecular flexibility index (Phi) is 30.7. The summed E-state index contributed by atoms with van der Waals surface area (Å²) in [5.74, 6) is -0.203. The monoisotopic (exact) mass is 689 g/mol. The van der Waals surface area contributed by atoms with E-state index in [0.29, 0.717) is 17.4 Å². The summed E-state index contributed by atoms with van der Waals surface area (Å²) in [5.41, 5.74) is 0. The van der Waals surface area contributed by atoms with Crippen LogP contribution < -0.4 is 10.2 Å². The Balaban J connectivity index is 4.43. The maximum absolute atomic E-state index is 12.7. The number of likely N-dealkylation sites (N-methyl/N-ethyl adjacent to an activating group) is 1. The highest BCUT2D eigenvalue weighted by atomic mass is 31.2. The van der Waals surface area contributed by atoms with E-state index in [0.717, 1.165) is 38.5 Å². The molecule has 0 saturated heterocycles. The lowest BCUT2D eigenvalue weighted by molar-refractivity contribution is -0.870. The minimum absolute atomic E-state index is 0.00145. The van der Waals surface area contributed by atoms with Gasteiger partial charge in [0.25, 0.3) is 7.82 Å². The van der Waals surface area contributed by atoms with Gasteiger partial charge in [-0.15, -0.1) is 0 Å². The first-order valence-electron chi connectivity index (χ1n) is 19.6. The largest absolute Gasteiger partial charge is 0.756 e. The number of nitrogens with zero attached hydrogens (tertiary/aromatic N) is 1. The lowest BCUT2D eigenvalue weighted by atomic mass is 10.0. The molecule has 1 amide bonds. The summed E-state index contributed by atoms with van der Waals surface area (Å²) < 4.78 is 23.0. The van der Waals surface area contributed by atoms with Crippen LogP contribution in [0.25, 0.3) is 0 Å². The molecular formula is C38H77N2O6P.